The van der Waals surface area contributed by atoms with Gasteiger partial charge in [0.15, 0.2) is 6.61 Å². The van der Waals surface area contributed by atoms with E-state index in [0.717, 1.165) is 4.90 Å². The third-order valence-electron chi connectivity index (χ3n) is 4.30. The van der Waals surface area contributed by atoms with Gasteiger partial charge >= 0.3 is 5.97 Å². The molecule has 0 aliphatic heterocycles. The van der Waals surface area contributed by atoms with Crippen LogP contribution in [0, 0.1) is 5.82 Å². The van der Waals surface area contributed by atoms with Crippen LogP contribution in [0.15, 0.2) is 82.8 Å². The molecule has 32 heavy (non-hydrogen) atoms. The summed E-state index contributed by atoms with van der Waals surface area (Å²) in [6.45, 7) is -0.599. The first-order valence-electron chi connectivity index (χ1n) is 9.63. The number of primary amides is 1. The van der Waals surface area contributed by atoms with Gasteiger partial charge in [0.05, 0.1) is 5.56 Å². The second-order valence-electron chi connectivity index (χ2n) is 6.59. The predicted molar refractivity (Wildman–Crippen MR) is 118 cm³/mol. The largest absolute Gasteiger partial charge is 0.452 e. The van der Waals surface area contributed by atoms with Crippen molar-refractivity contribution in [3.8, 4) is 0 Å². The molecule has 0 saturated heterocycles. The zero-order chi connectivity index (χ0) is 22.9. The van der Waals surface area contributed by atoms with E-state index in [2.05, 4.69) is 4.98 Å². The Morgan fingerprint density at radius 2 is 1.72 bits per heavy atom. The van der Waals surface area contributed by atoms with Gasteiger partial charge in [0.25, 0.3) is 5.91 Å². The van der Waals surface area contributed by atoms with Gasteiger partial charge in [-0.1, -0.05) is 30.0 Å². The van der Waals surface area contributed by atoms with Crippen molar-refractivity contribution < 1.29 is 23.5 Å². The maximum atomic E-state index is 13.2. The topological polar surface area (TPSA) is 103 Å². The number of esters is 1. The number of hydrogen-bond donors (Lipinski definition) is 1. The molecule has 0 aliphatic carbocycles. The minimum absolute atomic E-state index is 0.0284. The molecule has 0 radical (unpaired) electrons. The number of anilines is 1. The van der Waals surface area contributed by atoms with Gasteiger partial charge in [-0.25, -0.2) is 14.2 Å². The highest BCUT2D eigenvalue weighted by Gasteiger charge is 2.21. The summed E-state index contributed by atoms with van der Waals surface area (Å²) >= 11 is 1.30. The number of rotatable bonds is 9. The summed E-state index contributed by atoms with van der Waals surface area (Å²) in [6, 6.07) is 17.7. The molecule has 2 N–H and O–H groups in total. The second-order valence-corrected chi connectivity index (χ2v) is 7.65. The van der Waals surface area contributed by atoms with E-state index < -0.39 is 30.2 Å². The third kappa shape index (κ3) is 6.39. The maximum absolute atomic E-state index is 13.2. The average molecular weight is 453 g/mol. The van der Waals surface area contributed by atoms with Crippen molar-refractivity contribution in [2.24, 2.45) is 5.73 Å². The average Bonchev–Trinajstić information content (AvgIpc) is 2.79. The molecule has 1 aromatic heterocycles. The zero-order valence-corrected chi connectivity index (χ0v) is 17.8. The summed E-state index contributed by atoms with van der Waals surface area (Å²) in [4.78, 5) is 42.9. The molecule has 0 spiro atoms. The zero-order valence-electron chi connectivity index (χ0n) is 16.9. The van der Waals surface area contributed by atoms with Crippen molar-refractivity contribution in [2.45, 2.75) is 16.3 Å². The fraction of sp³-hybridized carbons (Fsp3) is 0.130. The van der Waals surface area contributed by atoms with E-state index >= 15 is 0 Å². The van der Waals surface area contributed by atoms with E-state index in [1.54, 1.807) is 18.3 Å². The van der Waals surface area contributed by atoms with Crippen LogP contribution in [0.25, 0.3) is 0 Å². The molecule has 3 aromatic rings. The van der Waals surface area contributed by atoms with Crippen molar-refractivity contribution in [1.82, 2.24) is 4.98 Å². The lowest BCUT2D eigenvalue weighted by Crippen LogP contribution is -2.37. The molecule has 2 aromatic carbocycles. The number of carbonyl (C=O) groups is 3. The molecule has 0 fully saturated rings. The lowest BCUT2D eigenvalue weighted by Gasteiger charge is -2.22. The van der Waals surface area contributed by atoms with Crippen molar-refractivity contribution in [3.63, 3.8) is 0 Å². The Hall–Kier alpha value is -3.72. The number of nitrogens with zero attached hydrogens (tertiary/aromatic N) is 2. The molecule has 0 unspecified atom stereocenters. The molecule has 3 rings (SSSR count). The lowest BCUT2D eigenvalue weighted by atomic mass is 10.2. The van der Waals surface area contributed by atoms with Crippen LogP contribution in [0.2, 0.25) is 0 Å². The van der Waals surface area contributed by atoms with Gasteiger partial charge in [-0.15, -0.1) is 0 Å². The highest BCUT2D eigenvalue weighted by atomic mass is 32.2. The number of pyridine rings is 1. The van der Waals surface area contributed by atoms with E-state index in [1.165, 1.54) is 40.9 Å². The molecule has 164 valence electrons. The molecule has 0 saturated carbocycles. The van der Waals surface area contributed by atoms with Crippen molar-refractivity contribution in [3.05, 3.63) is 84.3 Å². The maximum Gasteiger partial charge on any atom is 0.341 e. The second kappa shape index (κ2) is 11.1. The summed E-state index contributed by atoms with van der Waals surface area (Å²) in [6.07, 6.45) is 1.46. The van der Waals surface area contributed by atoms with Gasteiger partial charge in [-0.05, 0) is 48.5 Å². The first kappa shape index (κ1) is 23.0. The number of ether oxygens (including phenoxy) is 1. The summed E-state index contributed by atoms with van der Waals surface area (Å²) < 4.78 is 18.5. The van der Waals surface area contributed by atoms with Crippen LogP contribution in [0.4, 0.5) is 10.1 Å². The molecule has 0 bridgehead atoms. The van der Waals surface area contributed by atoms with Crippen LogP contribution >= 0.6 is 11.8 Å². The molecule has 2 amide bonds. The Morgan fingerprint density at radius 1 is 1.00 bits per heavy atom. The monoisotopic (exact) mass is 453 g/mol. The van der Waals surface area contributed by atoms with Crippen LogP contribution < -0.4 is 10.6 Å². The summed E-state index contributed by atoms with van der Waals surface area (Å²) in [5.41, 5.74) is 5.77. The first-order valence-corrected chi connectivity index (χ1v) is 10.4. The number of benzene rings is 2. The normalized spacial score (nSPS) is 10.4. The van der Waals surface area contributed by atoms with Crippen molar-refractivity contribution in [2.75, 3.05) is 18.1 Å². The molecule has 0 atom stereocenters. The highest BCUT2D eigenvalue weighted by Crippen LogP contribution is 2.28. The fourth-order valence-corrected chi connectivity index (χ4v) is 3.64. The van der Waals surface area contributed by atoms with Gasteiger partial charge in [0.1, 0.15) is 10.8 Å². The number of halogens is 1. The van der Waals surface area contributed by atoms with Gasteiger partial charge in [-0.2, -0.15) is 0 Å². The number of aromatic nitrogens is 1. The van der Waals surface area contributed by atoms with Crippen LogP contribution in [0.5, 0.6) is 0 Å². The Bertz CT molecular complexity index is 1090. The van der Waals surface area contributed by atoms with Gasteiger partial charge in [0, 0.05) is 29.7 Å². The first-order chi connectivity index (χ1) is 15.4. The number of carbonyl (C=O) groups excluding carboxylic acids is 3. The van der Waals surface area contributed by atoms with Gasteiger partial charge in [-0.3, -0.25) is 9.59 Å². The quantitative estimate of drug-likeness (QED) is 0.498. The SMILES string of the molecule is NC(=O)CCN(C(=O)COC(=O)c1cccnc1Sc1ccccc1)c1ccc(F)cc1. The Labute approximate surface area is 188 Å². The van der Waals surface area contributed by atoms with Gasteiger partial charge in [0.2, 0.25) is 5.91 Å². The fourth-order valence-electron chi connectivity index (χ4n) is 2.75. The smallest absolute Gasteiger partial charge is 0.341 e. The summed E-state index contributed by atoms with van der Waals surface area (Å²) in [5, 5.41) is 0.445. The summed E-state index contributed by atoms with van der Waals surface area (Å²) in [5.74, 6) is -2.35. The van der Waals surface area contributed by atoms with Crippen LogP contribution in [0.3, 0.4) is 0 Å². The van der Waals surface area contributed by atoms with E-state index in [4.69, 9.17) is 10.5 Å². The van der Waals surface area contributed by atoms with E-state index in [1.807, 2.05) is 30.3 Å². The van der Waals surface area contributed by atoms with E-state index in [0.29, 0.717) is 10.7 Å². The van der Waals surface area contributed by atoms with Crippen LogP contribution in [-0.2, 0) is 14.3 Å². The number of hydrogen-bond acceptors (Lipinski definition) is 6. The Balaban J connectivity index is 1.70. The molecule has 7 nitrogen and oxygen atoms in total. The van der Waals surface area contributed by atoms with Crippen molar-refractivity contribution >= 4 is 35.2 Å². The van der Waals surface area contributed by atoms with Gasteiger partial charge < -0.3 is 15.4 Å². The standard InChI is InChI=1S/C23H20FN3O4S/c24-16-8-10-17(11-9-16)27(14-12-20(25)28)21(29)15-31-23(30)19-7-4-13-26-22(19)32-18-5-2-1-3-6-18/h1-11,13H,12,14-15H2,(H2,25,28). The molecular formula is C23H20FN3O4S. The highest BCUT2D eigenvalue weighted by molar-refractivity contribution is 7.99. The lowest BCUT2D eigenvalue weighted by molar-refractivity contribution is -0.121. The van der Waals surface area contributed by atoms with E-state index in [9.17, 15) is 18.8 Å². The third-order valence-corrected chi connectivity index (χ3v) is 5.32. The molecular weight excluding hydrogens is 433 g/mol. The van der Waals surface area contributed by atoms with E-state index in [-0.39, 0.29) is 18.5 Å². The number of amides is 2. The Morgan fingerprint density at radius 3 is 2.41 bits per heavy atom. The molecule has 9 heteroatoms. The Kier molecular flexibility index (Phi) is 7.93. The minimum atomic E-state index is -0.709. The molecule has 0 aliphatic rings. The molecule has 1 heterocycles. The minimum Gasteiger partial charge on any atom is -0.452 e. The van der Waals surface area contributed by atoms with Crippen LogP contribution in [0.1, 0.15) is 16.8 Å². The summed E-state index contributed by atoms with van der Waals surface area (Å²) in [7, 11) is 0. The van der Waals surface area contributed by atoms with Crippen LogP contribution in [-0.4, -0.2) is 35.9 Å². The predicted octanol–water partition coefficient (Wildman–Crippen LogP) is 3.44. The van der Waals surface area contributed by atoms with Crippen molar-refractivity contribution in [1.29, 1.82) is 0 Å². The number of nitrogens with two attached hydrogens (primary N) is 1.